The molecule has 0 radical (unpaired) electrons. The van der Waals surface area contributed by atoms with Gasteiger partial charge in [0.2, 0.25) is 10.0 Å². The van der Waals surface area contributed by atoms with Crippen molar-refractivity contribution in [3.63, 3.8) is 0 Å². The smallest absolute Gasteiger partial charge is 0.217 e. The second-order valence-electron chi connectivity index (χ2n) is 4.14. The highest BCUT2D eigenvalue weighted by atomic mass is 32.2. The van der Waals surface area contributed by atoms with Crippen LogP contribution in [0.15, 0.2) is 0 Å². The van der Waals surface area contributed by atoms with Gasteiger partial charge in [0.15, 0.2) is 0 Å². The number of nitrogens with zero attached hydrogens (tertiary/aromatic N) is 1. The Morgan fingerprint density at radius 1 is 1.36 bits per heavy atom. The van der Waals surface area contributed by atoms with Crippen molar-refractivity contribution in [1.29, 1.82) is 0 Å². The Balaban J connectivity index is 2.05. The number of ether oxygens (including phenoxy) is 1. The van der Waals surface area contributed by atoms with E-state index in [1.54, 1.807) is 4.31 Å². The van der Waals surface area contributed by atoms with E-state index >= 15 is 0 Å². The van der Waals surface area contributed by atoms with Crippen LogP contribution in [0.1, 0.15) is 26.2 Å². The van der Waals surface area contributed by atoms with Gasteiger partial charge in [-0.3, -0.25) is 0 Å². The molecule has 2 fully saturated rings. The van der Waals surface area contributed by atoms with Crippen LogP contribution in [-0.2, 0) is 14.8 Å². The largest absolute Gasteiger partial charge is 0.376 e. The zero-order valence-electron chi connectivity index (χ0n) is 8.48. The zero-order chi connectivity index (χ0) is 10.2. The SMILES string of the molecule is CC1CN(S(=O)(=O)C2CCC2)CCO1. The van der Waals surface area contributed by atoms with Crippen LogP contribution in [-0.4, -0.2) is 43.8 Å². The van der Waals surface area contributed by atoms with Gasteiger partial charge in [-0.25, -0.2) is 8.42 Å². The first-order valence-corrected chi connectivity index (χ1v) is 6.71. The first-order chi connectivity index (χ1) is 6.60. The molecule has 1 saturated carbocycles. The van der Waals surface area contributed by atoms with Crippen LogP contribution in [0.4, 0.5) is 0 Å². The van der Waals surface area contributed by atoms with Gasteiger partial charge in [0.25, 0.3) is 0 Å². The summed E-state index contributed by atoms with van der Waals surface area (Å²) in [7, 11) is -3.00. The molecular weight excluding hydrogens is 202 g/mol. The Kier molecular flexibility index (Phi) is 2.81. The third-order valence-corrected chi connectivity index (χ3v) is 5.40. The van der Waals surface area contributed by atoms with Gasteiger partial charge in [-0.1, -0.05) is 6.42 Å². The highest BCUT2D eigenvalue weighted by Gasteiger charge is 2.37. The molecule has 0 aromatic heterocycles. The predicted octanol–water partition coefficient (Wildman–Crippen LogP) is 0.589. The number of morpholine rings is 1. The molecule has 1 saturated heterocycles. The van der Waals surface area contributed by atoms with Gasteiger partial charge in [0.1, 0.15) is 0 Å². The minimum atomic E-state index is -3.00. The standard InChI is InChI=1S/C9H17NO3S/c1-8-7-10(5-6-13-8)14(11,12)9-3-2-4-9/h8-9H,2-7H2,1H3. The van der Waals surface area contributed by atoms with E-state index in [0.29, 0.717) is 19.7 Å². The lowest BCUT2D eigenvalue weighted by molar-refractivity contribution is 0.00959. The lowest BCUT2D eigenvalue weighted by Gasteiger charge is -2.36. The molecule has 4 nitrogen and oxygen atoms in total. The fourth-order valence-electron chi connectivity index (χ4n) is 1.90. The first-order valence-electron chi connectivity index (χ1n) is 5.21. The molecule has 82 valence electrons. The number of hydrogen-bond acceptors (Lipinski definition) is 3. The first kappa shape index (κ1) is 10.4. The van der Waals surface area contributed by atoms with E-state index in [0.717, 1.165) is 19.3 Å². The van der Waals surface area contributed by atoms with Crippen molar-refractivity contribution in [2.75, 3.05) is 19.7 Å². The van der Waals surface area contributed by atoms with Gasteiger partial charge >= 0.3 is 0 Å². The van der Waals surface area contributed by atoms with Crippen molar-refractivity contribution in [1.82, 2.24) is 4.31 Å². The van der Waals surface area contributed by atoms with Crippen molar-refractivity contribution in [3.8, 4) is 0 Å². The van der Waals surface area contributed by atoms with Gasteiger partial charge in [-0.05, 0) is 19.8 Å². The van der Waals surface area contributed by atoms with Crippen LogP contribution in [0.5, 0.6) is 0 Å². The molecule has 1 aliphatic heterocycles. The molecule has 14 heavy (non-hydrogen) atoms. The Labute approximate surface area is 85.3 Å². The number of sulfonamides is 1. The highest BCUT2D eigenvalue weighted by Crippen LogP contribution is 2.29. The maximum atomic E-state index is 12.0. The lowest BCUT2D eigenvalue weighted by atomic mass is 10.0. The highest BCUT2D eigenvalue weighted by molar-refractivity contribution is 7.89. The molecule has 2 rings (SSSR count). The molecule has 1 atom stereocenters. The van der Waals surface area contributed by atoms with Gasteiger partial charge < -0.3 is 4.74 Å². The molecule has 1 heterocycles. The minimum Gasteiger partial charge on any atom is -0.376 e. The summed E-state index contributed by atoms with van der Waals surface area (Å²) in [6.45, 7) is 3.51. The molecular formula is C9H17NO3S. The molecule has 0 bridgehead atoms. The molecule has 1 unspecified atom stereocenters. The Morgan fingerprint density at radius 2 is 2.07 bits per heavy atom. The van der Waals surface area contributed by atoms with E-state index in [4.69, 9.17) is 4.74 Å². The van der Waals surface area contributed by atoms with E-state index in [-0.39, 0.29) is 11.4 Å². The predicted molar refractivity (Wildman–Crippen MR) is 53.5 cm³/mol. The summed E-state index contributed by atoms with van der Waals surface area (Å²) in [5, 5.41) is -0.104. The fourth-order valence-corrected chi connectivity index (χ4v) is 3.99. The molecule has 2 aliphatic rings. The summed E-state index contributed by atoms with van der Waals surface area (Å²) in [6.07, 6.45) is 2.78. The van der Waals surface area contributed by atoms with Crippen molar-refractivity contribution >= 4 is 10.0 Å². The second kappa shape index (κ2) is 3.79. The molecule has 5 heteroatoms. The van der Waals surface area contributed by atoms with Gasteiger partial charge in [-0.2, -0.15) is 4.31 Å². The molecule has 0 amide bonds. The summed E-state index contributed by atoms with van der Waals surface area (Å²) in [5.41, 5.74) is 0. The van der Waals surface area contributed by atoms with E-state index < -0.39 is 10.0 Å². The summed E-state index contributed by atoms with van der Waals surface area (Å²) in [4.78, 5) is 0. The number of hydrogen-bond donors (Lipinski definition) is 0. The van der Waals surface area contributed by atoms with Crippen molar-refractivity contribution in [2.24, 2.45) is 0 Å². The second-order valence-corrected chi connectivity index (χ2v) is 6.35. The van der Waals surface area contributed by atoms with Crippen LogP contribution in [0.2, 0.25) is 0 Å². The summed E-state index contributed by atoms with van der Waals surface area (Å²) in [6, 6.07) is 0. The fraction of sp³-hybridized carbons (Fsp3) is 1.00. The van der Waals surface area contributed by atoms with Crippen LogP contribution < -0.4 is 0 Å². The van der Waals surface area contributed by atoms with E-state index in [1.807, 2.05) is 6.92 Å². The van der Waals surface area contributed by atoms with Crippen LogP contribution >= 0.6 is 0 Å². The third kappa shape index (κ3) is 1.81. The van der Waals surface area contributed by atoms with E-state index in [2.05, 4.69) is 0 Å². The summed E-state index contributed by atoms with van der Waals surface area (Å²) in [5.74, 6) is 0. The average Bonchev–Trinajstić information content (AvgIpc) is 2.00. The topological polar surface area (TPSA) is 46.6 Å². The maximum Gasteiger partial charge on any atom is 0.217 e. The molecule has 0 aromatic carbocycles. The maximum absolute atomic E-state index is 12.0. The summed E-state index contributed by atoms with van der Waals surface area (Å²) < 4.78 is 30.9. The minimum absolute atomic E-state index is 0.0404. The van der Waals surface area contributed by atoms with Crippen molar-refractivity contribution < 1.29 is 13.2 Å². The summed E-state index contributed by atoms with van der Waals surface area (Å²) >= 11 is 0. The van der Waals surface area contributed by atoms with Crippen molar-refractivity contribution in [3.05, 3.63) is 0 Å². The van der Waals surface area contributed by atoms with Crippen molar-refractivity contribution in [2.45, 2.75) is 37.5 Å². The molecule has 0 N–H and O–H groups in total. The molecule has 1 aliphatic carbocycles. The zero-order valence-corrected chi connectivity index (χ0v) is 9.29. The normalized spacial score (nSPS) is 31.4. The van der Waals surface area contributed by atoms with Crippen LogP contribution in [0.25, 0.3) is 0 Å². The van der Waals surface area contributed by atoms with Gasteiger partial charge in [0, 0.05) is 13.1 Å². The quantitative estimate of drug-likeness (QED) is 0.683. The van der Waals surface area contributed by atoms with E-state index in [9.17, 15) is 8.42 Å². The lowest BCUT2D eigenvalue weighted by Crippen LogP contribution is -2.49. The van der Waals surface area contributed by atoms with E-state index in [1.165, 1.54) is 0 Å². The Bertz CT molecular complexity index is 297. The van der Waals surface area contributed by atoms with Crippen LogP contribution in [0, 0.1) is 0 Å². The molecule has 0 aromatic rings. The number of rotatable bonds is 2. The monoisotopic (exact) mass is 219 g/mol. The Hall–Kier alpha value is -0.130. The third-order valence-electron chi connectivity index (χ3n) is 3.04. The molecule has 0 spiro atoms. The van der Waals surface area contributed by atoms with Gasteiger partial charge in [0.05, 0.1) is 18.0 Å². The Morgan fingerprint density at radius 3 is 2.57 bits per heavy atom. The van der Waals surface area contributed by atoms with Crippen LogP contribution in [0.3, 0.4) is 0 Å². The average molecular weight is 219 g/mol. The van der Waals surface area contributed by atoms with Gasteiger partial charge in [-0.15, -0.1) is 0 Å².